The van der Waals surface area contributed by atoms with Crippen molar-refractivity contribution in [2.24, 2.45) is 0 Å². The summed E-state index contributed by atoms with van der Waals surface area (Å²) in [4.78, 5) is 17.5. The summed E-state index contributed by atoms with van der Waals surface area (Å²) in [6.45, 7) is 3.73. The average Bonchev–Trinajstić information content (AvgIpc) is 2.59. The number of urea groups is 1. The molecule has 0 radical (unpaired) electrons. The summed E-state index contributed by atoms with van der Waals surface area (Å²) in [7, 11) is 5.73. The lowest BCUT2D eigenvalue weighted by Crippen LogP contribution is -2.39. The van der Waals surface area contributed by atoms with Crippen LogP contribution >= 0.6 is 0 Å². The molecule has 0 saturated heterocycles. The van der Waals surface area contributed by atoms with Crippen LogP contribution < -0.4 is 0 Å². The third kappa shape index (κ3) is 1.50. The van der Waals surface area contributed by atoms with E-state index in [1.165, 1.54) is 11.1 Å². The summed E-state index contributed by atoms with van der Waals surface area (Å²) in [6.07, 6.45) is 0. The standard InChI is InChI=1S/C10H17N3O/c1-11(2)10(14)13-6-8-4-12(3)5-9(8)7-13/h4-7H2,1-3H3. The Morgan fingerprint density at radius 3 is 2.07 bits per heavy atom. The van der Waals surface area contributed by atoms with Gasteiger partial charge in [-0.3, -0.25) is 4.90 Å². The van der Waals surface area contributed by atoms with Gasteiger partial charge in [-0.25, -0.2) is 4.79 Å². The van der Waals surface area contributed by atoms with Gasteiger partial charge in [0.05, 0.1) is 0 Å². The van der Waals surface area contributed by atoms with Crippen molar-refractivity contribution in [1.82, 2.24) is 14.7 Å². The largest absolute Gasteiger partial charge is 0.331 e. The number of likely N-dealkylation sites (N-methyl/N-ethyl adjacent to an activating group) is 1. The lowest BCUT2D eigenvalue weighted by Gasteiger charge is -2.23. The number of hydrogen-bond donors (Lipinski definition) is 0. The second-order valence-corrected chi connectivity index (χ2v) is 4.41. The van der Waals surface area contributed by atoms with Gasteiger partial charge in [0.2, 0.25) is 0 Å². The number of carbonyl (C=O) groups excluding carboxylic acids is 1. The molecule has 0 aromatic rings. The number of amides is 2. The van der Waals surface area contributed by atoms with Crippen LogP contribution in [0.5, 0.6) is 0 Å². The van der Waals surface area contributed by atoms with Crippen molar-refractivity contribution in [3.05, 3.63) is 11.1 Å². The predicted molar refractivity (Wildman–Crippen MR) is 55.2 cm³/mol. The Morgan fingerprint density at radius 2 is 1.64 bits per heavy atom. The van der Waals surface area contributed by atoms with Gasteiger partial charge in [-0.1, -0.05) is 0 Å². The van der Waals surface area contributed by atoms with Crippen molar-refractivity contribution in [3.8, 4) is 0 Å². The van der Waals surface area contributed by atoms with E-state index in [2.05, 4.69) is 11.9 Å². The smallest absolute Gasteiger partial charge is 0.320 e. The van der Waals surface area contributed by atoms with Gasteiger partial charge in [0.25, 0.3) is 0 Å². The number of hydrogen-bond acceptors (Lipinski definition) is 2. The second-order valence-electron chi connectivity index (χ2n) is 4.41. The van der Waals surface area contributed by atoms with E-state index in [4.69, 9.17) is 0 Å². The monoisotopic (exact) mass is 195 g/mol. The molecule has 0 N–H and O–H groups in total. The molecule has 78 valence electrons. The fraction of sp³-hybridized carbons (Fsp3) is 0.700. The molecular weight excluding hydrogens is 178 g/mol. The predicted octanol–water partition coefficient (Wildman–Crippen LogP) is 0.226. The van der Waals surface area contributed by atoms with E-state index in [9.17, 15) is 4.79 Å². The van der Waals surface area contributed by atoms with Gasteiger partial charge >= 0.3 is 6.03 Å². The summed E-state index contributed by atoms with van der Waals surface area (Å²) >= 11 is 0. The molecule has 4 heteroatoms. The van der Waals surface area contributed by atoms with Gasteiger partial charge < -0.3 is 9.80 Å². The molecule has 0 aromatic carbocycles. The summed E-state index contributed by atoms with van der Waals surface area (Å²) in [5.74, 6) is 0. The highest BCUT2D eigenvalue weighted by atomic mass is 16.2. The zero-order chi connectivity index (χ0) is 10.3. The molecule has 4 nitrogen and oxygen atoms in total. The molecular formula is C10H17N3O. The molecule has 0 aromatic heterocycles. The minimum absolute atomic E-state index is 0.127. The normalized spacial score (nSPS) is 21.8. The Bertz CT molecular complexity index is 278. The topological polar surface area (TPSA) is 26.8 Å². The van der Waals surface area contributed by atoms with E-state index < -0.39 is 0 Å². The third-order valence-corrected chi connectivity index (χ3v) is 2.84. The van der Waals surface area contributed by atoms with Crippen LogP contribution in [0.25, 0.3) is 0 Å². The molecule has 2 rings (SSSR count). The summed E-state index contributed by atoms with van der Waals surface area (Å²) < 4.78 is 0. The SMILES string of the molecule is CN1CC2=C(C1)CN(C(=O)N(C)C)C2. The quantitative estimate of drug-likeness (QED) is 0.517. The first-order chi connectivity index (χ1) is 6.58. The van der Waals surface area contributed by atoms with E-state index >= 15 is 0 Å². The van der Waals surface area contributed by atoms with Crippen molar-refractivity contribution < 1.29 is 4.79 Å². The maximum Gasteiger partial charge on any atom is 0.320 e. The maximum absolute atomic E-state index is 11.7. The molecule has 2 heterocycles. The summed E-state index contributed by atoms with van der Waals surface area (Å²) in [5.41, 5.74) is 2.89. The first-order valence-electron chi connectivity index (χ1n) is 4.92. The molecule has 2 aliphatic heterocycles. The van der Waals surface area contributed by atoms with E-state index in [1.54, 1.807) is 19.0 Å². The molecule has 0 atom stereocenters. The van der Waals surface area contributed by atoms with Crippen LogP contribution in [0.1, 0.15) is 0 Å². The Hall–Kier alpha value is -1.03. The molecule has 0 bridgehead atoms. The van der Waals surface area contributed by atoms with E-state index in [1.807, 2.05) is 4.90 Å². The molecule has 2 aliphatic rings. The molecule has 0 aliphatic carbocycles. The van der Waals surface area contributed by atoms with Gasteiger partial charge in [-0.2, -0.15) is 0 Å². The van der Waals surface area contributed by atoms with Gasteiger partial charge in [-0.05, 0) is 18.2 Å². The van der Waals surface area contributed by atoms with E-state index in [-0.39, 0.29) is 6.03 Å². The van der Waals surface area contributed by atoms with Gasteiger partial charge in [0.15, 0.2) is 0 Å². The van der Waals surface area contributed by atoms with Crippen LogP contribution in [0.3, 0.4) is 0 Å². The van der Waals surface area contributed by atoms with Crippen LogP contribution in [0.4, 0.5) is 4.79 Å². The fourth-order valence-electron chi connectivity index (χ4n) is 2.19. The lowest BCUT2D eigenvalue weighted by atomic mass is 10.2. The van der Waals surface area contributed by atoms with Crippen LogP contribution in [-0.2, 0) is 0 Å². The zero-order valence-corrected chi connectivity index (χ0v) is 9.08. The first kappa shape index (κ1) is 9.52. The highest BCUT2D eigenvalue weighted by Gasteiger charge is 2.30. The van der Waals surface area contributed by atoms with Gasteiger partial charge in [-0.15, -0.1) is 0 Å². The minimum atomic E-state index is 0.127. The van der Waals surface area contributed by atoms with E-state index in [0.717, 1.165) is 26.2 Å². The highest BCUT2D eigenvalue weighted by molar-refractivity contribution is 5.75. The molecule has 0 unspecified atom stereocenters. The number of rotatable bonds is 0. The number of carbonyl (C=O) groups is 1. The van der Waals surface area contributed by atoms with Crippen LogP contribution in [0.15, 0.2) is 11.1 Å². The van der Waals surface area contributed by atoms with Crippen LogP contribution in [0, 0.1) is 0 Å². The van der Waals surface area contributed by atoms with E-state index in [0.29, 0.717) is 0 Å². The van der Waals surface area contributed by atoms with Crippen LogP contribution in [0.2, 0.25) is 0 Å². The van der Waals surface area contributed by atoms with Gasteiger partial charge in [0, 0.05) is 40.3 Å². The number of nitrogens with zero attached hydrogens (tertiary/aromatic N) is 3. The first-order valence-corrected chi connectivity index (χ1v) is 4.92. The van der Waals surface area contributed by atoms with Crippen molar-refractivity contribution in [2.75, 3.05) is 47.3 Å². The molecule has 14 heavy (non-hydrogen) atoms. The lowest BCUT2D eigenvalue weighted by molar-refractivity contribution is 0.180. The Morgan fingerprint density at radius 1 is 1.14 bits per heavy atom. The zero-order valence-electron chi connectivity index (χ0n) is 9.08. The fourth-order valence-corrected chi connectivity index (χ4v) is 2.19. The summed E-state index contributed by atoms with van der Waals surface area (Å²) in [6, 6.07) is 0.127. The minimum Gasteiger partial charge on any atom is -0.331 e. The maximum atomic E-state index is 11.7. The Labute approximate surface area is 84.8 Å². The van der Waals surface area contributed by atoms with Crippen molar-refractivity contribution >= 4 is 6.03 Å². The molecule has 0 fully saturated rings. The molecule has 0 saturated carbocycles. The summed E-state index contributed by atoms with van der Waals surface area (Å²) in [5, 5.41) is 0. The Balaban J connectivity index is 1.98. The molecule has 2 amide bonds. The van der Waals surface area contributed by atoms with Crippen molar-refractivity contribution in [2.45, 2.75) is 0 Å². The molecule has 0 spiro atoms. The Kier molecular flexibility index (Phi) is 2.23. The average molecular weight is 195 g/mol. The second kappa shape index (κ2) is 3.28. The third-order valence-electron chi connectivity index (χ3n) is 2.84. The van der Waals surface area contributed by atoms with Crippen molar-refractivity contribution in [3.63, 3.8) is 0 Å². The van der Waals surface area contributed by atoms with Crippen LogP contribution in [-0.4, -0.2) is 68.1 Å². The highest BCUT2D eigenvalue weighted by Crippen LogP contribution is 2.24. The van der Waals surface area contributed by atoms with Gasteiger partial charge in [0.1, 0.15) is 0 Å². The van der Waals surface area contributed by atoms with Crippen molar-refractivity contribution in [1.29, 1.82) is 0 Å².